The number of hydrogen-bond acceptors (Lipinski definition) is 2. The molecule has 0 unspecified atom stereocenters. The monoisotopic (exact) mass is 948 g/mol. The van der Waals surface area contributed by atoms with Gasteiger partial charge in [0, 0.05) is 33.5 Å². The Morgan fingerprint density at radius 1 is 0.357 bits per heavy atom. The molecule has 0 aromatic heterocycles. The van der Waals surface area contributed by atoms with Gasteiger partial charge in [-0.1, -0.05) is 195 Å². The predicted molar refractivity (Wildman–Crippen MR) is 280 cm³/mol. The van der Waals surface area contributed by atoms with Gasteiger partial charge in [-0.3, -0.25) is 0 Å². The minimum absolute atomic E-state index is 0.149. The highest BCUT2D eigenvalue weighted by molar-refractivity contribution is 6.00. The number of halogens is 6. The third-order valence-electron chi connectivity index (χ3n) is 14.3. The van der Waals surface area contributed by atoms with E-state index in [1.807, 2.05) is 133 Å². The normalized spacial score (nSPS) is 12.7. The van der Waals surface area contributed by atoms with Crippen LogP contribution in [0.1, 0.15) is 109 Å². The van der Waals surface area contributed by atoms with Crippen molar-refractivity contribution >= 4 is 55.7 Å². The van der Waals surface area contributed by atoms with Gasteiger partial charge in [0.1, 0.15) is 0 Å². The van der Waals surface area contributed by atoms with Gasteiger partial charge in [-0.05, 0) is 117 Å². The smallest absolute Gasteiger partial charge is 0.310 e. The lowest BCUT2D eigenvalue weighted by Crippen LogP contribution is -2.54. The molecule has 8 rings (SSSR count). The van der Waals surface area contributed by atoms with E-state index < -0.39 is 28.9 Å². The third-order valence-corrected chi connectivity index (χ3v) is 14.3. The molecule has 0 heterocycles. The maximum Gasteiger partial charge on any atom is 0.411 e. The van der Waals surface area contributed by atoms with Crippen molar-refractivity contribution in [2.45, 2.75) is 115 Å². The molecule has 0 atom stereocenters. The van der Waals surface area contributed by atoms with Crippen LogP contribution in [-0.4, -0.2) is 12.4 Å². The van der Waals surface area contributed by atoms with Crippen molar-refractivity contribution in [2.24, 2.45) is 0 Å². The average molecular weight is 949 g/mol. The maximum atomic E-state index is 16.4. The number of anilines is 6. The van der Waals surface area contributed by atoms with E-state index >= 15 is 26.3 Å². The molecular weight excluding hydrogens is 887 g/mol. The van der Waals surface area contributed by atoms with E-state index in [2.05, 4.69) is 41.5 Å². The lowest BCUT2D eigenvalue weighted by Gasteiger charge is -2.39. The third kappa shape index (κ3) is 9.67. The molecule has 0 N–H and O–H groups in total. The van der Waals surface area contributed by atoms with Gasteiger partial charge in [0.05, 0.1) is 11.4 Å². The highest BCUT2D eigenvalue weighted by Crippen LogP contribution is 2.58. The topological polar surface area (TPSA) is 6.48 Å². The number of unbranched alkanes of at least 4 members (excludes halogenated alkanes) is 3. The van der Waals surface area contributed by atoms with Gasteiger partial charge in [0.2, 0.25) is 5.41 Å². The maximum absolute atomic E-state index is 16.4. The Kier molecular flexibility index (Phi) is 14.3. The molecule has 0 aliphatic heterocycles. The standard InChI is InChI=1S/C62H62F6N2/c1-7-9-15-41-59(5,6)47-34-38-51(39-35-47)70(57-31-17-23-45-21-12-14-29-55(45)57)53-27-19-25-49(43-53)60(61(63,64)65,62(66,67)68)48-24-18-26-52(42-48)69(56-30-16-22-44-20-11-13-28-54(44)56)50-36-32-46(33-37-50)58(3,4)40-10-8-2/h11-14,16-39,42-43H,7-10,15,40-41H2,1-6H3. The molecule has 0 aliphatic rings. The summed E-state index contributed by atoms with van der Waals surface area (Å²) in [6.07, 6.45) is -4.39. The summed E-state index contributed by atoms with van der Waals surface area (Å²) in [6.45, 7) is 13.1. The number of rotatable bonds is 17. The van der Waals surface area contributed by atoms with Crippen LogP contribution in [0.3, 0.4) is 0 Å². The van der Waals surface area contributed by atoms with Gasteiger partial charge in [-0.2, -0.15) is 26.3 Å². The van der Waals surface area contributed by atoms with Crippen LogP contribution in [-0.2, 0) is 16.2 Å². The van der Waals surface area contributed by atoms with E-state index in [9.17, 15) is 0 Å². The van der Waals surface area contributed by atoms with Crippen molar-refractivity contribution in [1.29, 1.82) is 0 Å². The SMILES string of the molecule is CCCCCC(C)(C)c1ccc(N(c2cccc(C(c3cccc(N(c4ccc(C(C)(C)CCCC)cc4)c4cccc5ccccc45)c3)(C(F)(F)F)C(F)(F)F)c2)c2cccc3ccccc23)cc1. The van der Waals surface area contributed by atoms with Crippen LogP contribution in [0.4, 0.5) is 60.5 Å². The summed E-state index contributed by atoms with van der Waals surface area (Å²) in [5.74, 6) is 0. The fourth-order valence-electron chi connectivity index (χ4n) is 10.2. The number of nitrogens with zero attached hydrogens (tertiary/aromatic N) is 2. The second-order valence-electron chi connectivity index (χ2n) is 19.9. The van der Waals surface area contributed by atoms with Crippen LogP contribution < -0.4 is 9.80 Å². The van der Waals surface area contributed by atoms with Crippen LogP contribution in [0.25, 0.3) is 21.5 Å². The van der Waals surface area contributed by atoms with Crippen molar-refractivity contribution in [1.82, 2.24) is 0 Å². The first kappa shape index (κ1) is 49.9. The van der Waals surface area contributed by atoms with Crippen LogP contribution in [0.2, 0.25) is 0 Å². The summed E-state index contributed by atoms with van der Waals surface area (Å²) in [7, 11) is 0. The molecule has 8 aromatic rings. The molecule has 0 saturated heterocycles. The fourth-order valence-corrected chi connectivity index (χ4v) is 10.2. The molecule has 0 saturated carbocycles. The van der Waals surface area contributed by atoms with E-state index in [-0.39, 0.29) is 22.2 Å². The summed E-state index contributed by atoms with van der Waals surface area (Å²) in [6, 6.07) is 52.0. The van der Waals surface area contributed by atoms with E-state index in [0.29, 0.717) is 22.7 Å². The lowest BCUT2D eigenvalue weighted by molar-refractivity contribution is -0.288. The van der Waals surface area contributed by atoms with Gasteiger partial charge < -0.3 is 9.80 Å². The molecule has 0 bridgehead atoms. The van der Waals surface area contributed by atoms with E-state index in [0.717, 1.165) is 102 Å². The number of fused-ring (bicyclic) bond motifs is 2. The lowest BCUT2D eigenvalue weighted by atomic mass is 9.72. The summed E-state index contributed by atoms with van der Waals surface area (Å²) in [4.78, 5) is 3.53. The van der Waals surface area contributed by atoms with Gasteiger partial charge >= 0.3 is 12.4 Å². The van der Waals surface area contributed by atoms with Gasteiger partial charge in [0.25, 0.3) is 0 Å². The summed E-state index contributed by atoms with van der Waals surface area (Å²) in [5, 5.41) is 3.32. The highest BCUT2D eigenvalue weighted by atomic mass is 19.4. The van der Waals surface area contributed by atoms with E-state index in [1.165, 1.54) is 12.1 Å². The molecule has 0 amide bonds. The van der Waals surface area contributed by atoms with Crippen molar-refractivity contribution < 1.29 is 26.3 Å². The molecule has 0 fully saturated rings. The minimum atomic E-state index is -5.84. The van der Waals surface area contributed by atoms with Crippen LogP contribution in [0, 0.1) is 0 Å². The molecule has 0 radical (unpaired) electrons. The zero-order chi connectivity index (χ0) is 49.9. The molecule has 2 nitrogen and oxygen atoms in total. The van der Waals surface area contributed by atoms with Crippen LogP contribution in [0.5, 0.6) is 0 Å². The highest BCUT2D eigenvalue weighted by Gasteiger charge is 2.72. The second-order valence-corrected chi connectivity index (χ2v) is 19.9. The molecule has 70 heavy (non-hydrogen) atoms. The fraction of sp³-hybridized carbons (Fsp3) is 0.290. The second kappa shape index (κ2) is 20.1. The first-order valence-electron chi connectivity index (χ1n) is 24.5. The quantitative estimate of drug-likeness (QED) is 0.0663. The van der Waals surface area contributed by atoms with Gasteiger partial charge in [-0.15, -0.1) is 0 Å². The van der Waals surface area contributed by atoms with Gasteiger partial charge in [-0.25, -0.2) is 0 Å². The van der Waals surface area contributed by atoms with Crippen molar-refractivity contribution in [2.75, 3.05) is 9.80 Å². The molecule has 0 aliphatic carbocycles. The Morgan fingerprint density at radius 2 is 0.729 bits per heavy atom. The summed E-state index contributed by atoms with van der Waals surface area (Å²) in [5.41, 5.74) is -1.74. The molecule has 0 spiro atoms. The van der Waals surface area contributed by atoms with Crippen LogP contribution >= 0.6 is 0 Å². The van der Waals surface area contributed by atoms with Gasteiger partial charge in [0.15, 0.2) is 0 Å². The largest absolute Gasteiger partial charge is 0.411 e. The Labute approximate surface area is 409 Å². The van der Waals surface area contributed by atoms with Crippen molar-refractivity contribution in [3.8, 4) is 0 Å². The van der Waals surface area contributed by atoms with E-state index in [1.54, 1.807) is 21.9 Å². The first-order valence-corrected chi connectivity index (χ1v) is 24.5. The first-order chi connectivity index (χ1) is 33.4. The molecular formula is C62H62F6N2. The zero-order valence-electron chi connectivity index (χ0n) is 40.9. The Morgan fingerprint density at radius 3 is 1.13 bits per heavy atom. The van der Waals surface area contributed by atoms with Crippen LogP contribution in [0.15, 0.2) is 182 Å². The number of hydrogen-bond donors (Lipinski definition) is 0. The predicted octanol–water partition coefficient (Wildman–Crippen LogP) is 19.7. The van der Waals surface area contributed by atoms with E-state index in [4.69, 9.17) is 0 Å². The zero-order valence-corrected chi connectivity index (χ0v) is 40.9. The Bertz CT molecular complexity index is 3010. The molecule has 8 aromatic carbocycles. The molecule has 362 valence electrons. The Balaban J connectivity index is 1.32. The molecule has 8 heteroatoms. The minimum Gasteiger partial charge on any atom is -0.310 e. The summed E-state index contributed by atoms with van der Waals surface area (Å²) < 4.78 is 98.3. The summed E-state index contributed by atoms with van der Waals surface area (Å²) >= 11 is 0. The average Bonchev–Trinajstić information content (AvgIpc) is 3.34. The van der Waals surface area contributed by atoms with Crippen molar-refractivity contribution in [3.05, 3.63) is 204 Å². The number of benzene rings is 8. The Hall–Kier alpha value is -6.54. The number of alkyl halides is 6. The van der Waals surface area contributed by atoms with Crippen molar-refractivity contribution in [3.63, 3.8) is 0 Å².